The summed E-state index contributed by atoms with van der Waals surface area (Å²) < 4.78 is 12.5. The van der Waals surface area contributed by atoms with Gasteiger partial charge in [-0.2, -0.15) is 5.26 Å². The first-order valence-electron chi connectivity index (χ1n) is 3.28. The van der Waals surface area contributed by atoms with E-state index in [1.54, 1.807) is 0 Å². The van der Waals surface area contributed by atoms with Gasteiger partial charge in [0.05, 0.1) is 12.6 Å². The second kappa shape index (κ2) is 2.84. The van der Waals surface area contributed by atoms with E-state index >= 15 is 0 Å². The third-order valence-electron chi connectivity index (χ3n) is 1.76. The minimum atomic E-state index is -0.867. The molecule has 0 bridgehead atoms. The van der Waals surface area contributed by atoms with Crippen molar-refractivity contribution in [3.05, 3.63) is 0 Å². The Balaban J connectivity index is 2.51. The Labute approximate surface area is 59.2 Å². The summed E-state index contributed by atoms with van der Waals surface area (Å²) >= 11 is 0. The molecule has 0 amide bonds. The molecule has 4 heteroatoms. The van der Waals surface area contributed by atoms with Crippen LogP contribution in [0.15, 0.2) is 0 Å². The average Bonchev–Trinajstić information content (AvgIpc) is 2.30. The molecule has 1 rings (SSSR count). The lowest BCUT2D eigenvalue weighted by molar-refractivity contribution is 0.332. The van der Waals surface area contributed by atoms with Crippen LogP contribution in [0.2, 0.25) is 0 Å². The molecule has 10 heavy (non-hydrogen) atoms. The van der Waals surface area contributed by atoms with E-state index in [0.717, 1.165) is 0 Å². The summed E-state index contributed by atoms with van der Waals surface area (Å²) in [5.74, 6) is 0. The van der Waals surface area contributed by atoms with Gasteiger partial charge >= 0.3 is 0 Å². The van der Waals surface area contributed by atoms with E-state index in [0.29, 0.717) is 13.0 Å². The number of hydrogen-bond acceptors (Lipinski definition) is 3. The van der Waals surface area contributed by atoms with Crippen LogP contribution in [0.25, 0.3) is 0 Å². The third kappa shape index (κ3) is 1.19. The van der Waals surface area contributed by atoms with Crippen LogP contribution >= 0.6 is 0 Å². The highest BCUT2D eigenvalue weighted by Gasteiger charge is 2.29. The quantitative estimate of drug-likeness (QED) is 0.519. The Bertz CT molecular complexity index is 154. The zero-order valence-corrected chi connectivity index (χ0v) is 5.63. The van der Waals surface area contributed by atoms with Crippen LogP contribution in [-0.2, 0) is 0 Å². The molecule has 0 aromatic heterocycles. The topological polar surface area (TPSA) is 53.0 Å². The smallest absolute Gasteiger partial charge is 0.179 e. The van der Waals surface area contributed by atoms with Crippen molar-refractivity contribution in [1.29, 1.82) is 5.26 Å². The minimum Gasteiger partial charge on any atom is -0.328 e. The van der Waals surface area contributed by atoms with Crippen LogP contribution < -0.4 is 5.73 Å². The van der Waals surface area contributed by atoms with Gasteiger partial charge < -0.3 is 10.6 Å². The maximum Gasteiger partial charge on any atom is 0.179 e. The van der Waals surface area contributed by atoms with E-state index in [1.165, 1.54) is 4.90 Å². The Morgan fingerprint density at radius 3 is 2.90 bits per heavy atom. The van der Waals surface area contributed by atoms with Crippen molar-refractivity contribution in [3.8, 4) is 6.19 Å². The van der Waals surface area contributed by atoms with Gasteiger partial charge in [-0.3, -0.25) is 0 Å². The van der Waals surface area contributed by atoms with Gasteiger partial charge in [0, 0.05) is 13.0 Å². The molecule has 2 atom stereocenters. The number of nitrogens with two attached hydrogens (primary N) is 1. The molecule has 0 spiro atoms. The number of hydrogen-bond donors (Lipinski definition) is 1. The van der Waals surface area contributed by atoms with Gasteiger partial charge in [-0.25, -0.2) is 4.39 Å². The van der Waals surface area contributed by atoms with Crippen molar-refractivity contribution in [2.75, 3.05) is 13.1 Å². The zero-order chi connectivity index (χ0) is 7.56. The standard InChI is InChI=1S/C6H10FN3/c7-5-1-6(2-8)10(3-5)4-9/h5-6H,1-3,8H2/t5-,6?/m0/s1. The largest absolute Gasteiger partial charge is 0.328 e. The van der Waals surface area contributed by atoms with Gasteiger partial charge in [0.25, 0.3) is 0 Å². The molecular weight excluding hydrogens is 133 g/mol. The Morgan fingerprint density at radius 2 is 2.50 bits per heavy atom. The predicted molar refractivity (Wildman–Crippen MR) is 34.7 cm³/mol. The van der Waals surface area contributed by atoms with Gasteiger partial charge in [0.2, 0.25) is 0 Å². The lowest BCUT2D eigenvalue weighted by Crippen LogP contribution is -2.31. The highest BCUT2D eigenvalue weighted by molar-refractivity contribution is 4.92. The van der Waals surface area contributed by atoms with Gasteiger partial charge in [0.1, 0.15) is 6.17 Å². The van der Waals surface area contributed by atoms with Crippen LogP contribution in [0, 0.1) is 11.5 Å². The lowest BCUT2D eigenvalue weighted by Gasteiger charge is -2.14. The second-order valence-corrected chi connectivity index (χ2v) is 2.47. The molecule has 0 aromatic carbocycles. The Hall–Kier alpha value is -0.820. The fraction of sp³-hybridized carbons (Fsp3) is 0.833. The SMILES string of the molecule is N#CN1C[C@@H](F)CC1CN. The van der Waals surface area contributed by atoms with E-state index in [-0.39, 0.29) is 12.6 Å². The normalized spacial score (nSPS) is 32.3. The maximum atomic E-state index is 12.5. The van der Waals surface area contributed by atoms with E-state index < -0.39 is 6.17 Å². The van der Waals surface area contributed by atoms with Gasteiger partial charge in [-0.15, -0.1) is 0 Å². The zero-order valence-electron chi connectivity index (χ0n) is 5.63. The number of nitriles is 1. The Morgan fingerprint density at radius 1 is 1.80 bits per heavy atom. The van der Waals surface area contributed by atoms with E-state index in [2.05, 4.69) is 0 Å². The van der Waals surface area contributed by atoms with Crippen LogP contribution in [0.1, 0.15) is 6.42 Å². The first-order valence-corrected chi connectivity index (χ1v) is 3.28. The van der Waals surface area contributed by atoms with Crippen molar-refractivity contribution >= 4 is 0 Å². The first-order chi connectivity index (χ1) is 4.77. The molecule has 2 N–H and O–H groups in total. The minimum absolute atomic E-state index is 0.0694. The number of rotatable bonds is 1. The molecule has 0 saturated carbocycles. The predicted octanol–water partition coefficient (Wildman–Crippen LogP) is -0.161. The van der Waals surface area contributed by atoms with Crippen molar-refractivity contribution in [2.45, 2.75) is 18.6 Å². The van der Waals surface area contributed by atoms with Crippen molar-refractivity contribution in [3.63, 3.8) is 0 Å². The van der Waals surface area contributed by atoms with Crippen molar-refractivity contribution in [2.24, 2.45) is 5.73 Å². The number of alkyl halides is 1. The van der Waals surface area contributed by atoms with E-state index in [1.807, 2.05) is 6.19 Å². The number of likely N-dealkylation sites (tertiary alicyclic amines) is 1. The summed E-state index contributed by atoms with van der Waals surface area (Å²) in [7, 11) is 0. The van der Waals surface area contributed by atoms with E-state index in [4.69, 9.17) is 11.0 Å². The molecule has 3 nitrogen and oxygen atoms in total. The summed E-state index contributed by atoms with van der Waals surface area (Å²) in [6, 6.07) is -0.0694. The third-order valence-corrected chi connectivity index (χ3v) is 1.76. The molecule has 1 unspecified atom stereocenters. The number of nitrogens with zero attached hydrogens (tertiary/aromatic N) is 2. The second-order valence-electron chi connectivity index (χ2n) is 2.47. The molecule has 0 aromatic rings. The molecule has 1 aliphatic rings. The molecule has 56 valence electrons. The summed E-state index contributed by atoms with van der Waals surface area (Å²) in [5, 5.41) is 8.44. The molecular formula is C6H10FN3. The monoisotopic (exact) mass is 143 g/mol. The molecule has 1 heterocycles. The summed E-state index contributed by atoms with van der Waals surface area (Å²) in [4.78, 5) is 1.41. The molecule has 1 saturated heterocycles. The summed E-state index contributed by atoms with van der Waals surface area (Å²) in [5.41, 5.74) is 5.30. The van der Waals surface area contributed by atoms with Crippen molar-refractivity contribution < 1.29 is 4.39 Å². The van der Waals surface area contributed by atoms with E-state index in [9.17, 15) is 4.39 Å². The van der Waals surface area contributed by atoms with Crippen LogP contribution in [0.3, 0.4) is 0 Å². The maximum absolute atomic E-state index is 12.5. The molecule has 1 aliphatic heterocycles. The van der Waals surface area contributed by atoms with Crippen LogP contribution in [-0.4, -0.2) is 30.2 Å². The first kappa shape index (κ1) is 7.29. The Kier molecular flexibility index (Phi) is 2.07. The van der Waals surface area contributed by atoms with Crippen LogP contribution in [0.5, 0.6) is 0 Å². The lowest BCUT2D eigenvalue weighted by atomic mass is 10.2. The number of halogens is 1. The average molecular weight is 143 g/mol. The van der Waals surface area contributed by atoms with Crippen LogP contribution in [0.4, 0.5) is 4.39 Å². The highest BCUT2D eigenvalue weighted by Crippen LogP contribution is 2.17. The fourth-order valence-corrected chi connectivity index (χ4v) is 1.21. The van der Waals surface area contributed by atoms with Gasteiger partial charge in [-0.05, 0) is 0 Å². The van der Waals surface area contributed by atoms with Gasteiger partial charge in [0.15, 0.2) is 6.19 Å². The summed E-state index contributed by atoms with van der Waals surface area (Å²) in [6.07, 6.45) is 1.45. The molecule has 0 aliphatic carbocycles. The van der Waals surface area contributed by atoms with Crippen molar-refractivity contribution in [1.82, 2.24) is 4.90 Å². The summed E-state index contributed by atoms with van der Waals surface area (Å²) in [6.45, 7) is 0.590. The molecule has 1 fully saturated rings. The highest BCUT2D eigenvalue weighted by atomic mass is 19.1. The fourth-order valence-electron chi connectivity index (χ4n) is 1.21. The van der Waals surface area contributed by atoms with Gasteiger partial charge in [-0.1, -0.05) is 0 Å². The molecule has 0 radical (unpaired) electrons.